The van der Waals surface area contributed by atoms with Crippen LogP contribution >= 0.6 is 11.6 Å². The molecule has 2 heterocycles. The Kier molecular flexibility index (Phi) is 2.26. The topological polar surface area (TPSA) is 44.4 Å². The van der Waals surface area contributed by atoms with Crippen molar-refractivity contribution in [3.63, 3.8) is 0 Å². The summed E-state index contributed by atoms with van der Waals surface area (Å²) in [4.78, 5) is 13.7. The highest BCUT2D eigenvalue weighted by Gasteiger charge is 2.31. The predicted molar refractivity (Wildman–Crippen MR) is 64.1 cm³/mol. The molecule has 0 saturated carbocycles. The normalized spacial score (nSPS) is 20.1. The summed E-state index contributed by atoms with van der Waals surface area (Å²) in [6.07, 6.45) is 0. The van der Waals surface area contributed by atoms with Crippen LogP contribution in [0, 0.1) is 0 Å². The van der Waals surface area contributed by atoms with Crippen molar-refractivity contribution in [1.82, 2.24) is 5.32 Å². The highest BCUT2D eigenvalue weighted by molar-refractivity contribution is 6.34. The summed E-state index contributed by atoms with van der Waals surface area (Å²) in [6, 6.07) is 6.11. The smallest absolute Gasteiger partial charge is 0.244 e. The Morgan fingerprint density at radius 3 is 2.88 bits per heavy atom. The molecule has 0 spiro atoms. The summed E-state index contributed by atoms with van der Waals surface area (Å²) in [5.41, 5.74) is 1.77. The van der Waals surface area contributed by atoms with E-state index in [-0.39, 0.29) is 5.91 Å². The van der Waals surface area contributed by atoms with Crippen LogP contribution in [0.15, 0.2) is 18.2 Å². The lowest BCUT2D eigenvalue weighted by atomic mass is 10.1. The maximum Gasteiger partial charge on any atom is 0.244 e. The first kappa shape index (κ1) is 9.93. The number of carbonyl (C=O) groups is 1. The van der Waals surface area contributed by atoms with Crippen molar-refractivity contribution in [2.45, 2.75) is 6.04 Å². The van der Waals surface area contributed by atoms with E-state index in [1.54, 1.807) is 6.07 Å². The molecule has 1 aromatic carbocycles. The van der Waals surface area contributed by atoms with Gasteiger partial charge in [0.05, 0.1) is 29.0 Å². The van der Waals surface area contributed by atoms with E-state index < -0.39 is 0 Å². The van der Waals surface area contributed by atoms with E-state index in [4.69, 9.17) is 11.6 Å². The molecule has 0 unspecified atom stereocenters. The highest BCUT2D eigenvalue weighted by Crippen LogP contribution is 2.36. The molecule has 2 N–H and O–H groups in total. The van der Waals surface area contributed by atoms with Crippen LogP contribution in [0.1, 0.15) is 0 Å². The standard InChI is InChI=1S/C11H12ClN3O/c12-8-2-1-3-9-11(8)14-10(16)6-15(9)7-4-13-5-7/h1-3,7,13H,4-6H2,(H,14,16). The fourth-order valence-corrected chi connectivity index (χ4v) is 2.33. The van der Waals surface area contributed by atoms with Crippen molar-refractivity contribution in [3.05, 3.63) is 23.2 Å². The number of hydrogen-bond acceptors (Lipinski definition) is 3. The highest BCUT2D eigenvalue weighted by atomic mass is 35.5. The van der Waals surface area contributed by atoms with Gasteiger partial charge in [0.15, 0.2) is 0 Å². The Labute approximate surface area is 98.6 Å². The minimum absolute atomic E-state index is 0.00694. The molecule has 0 aromatic heterocycles. The number of halogens is 1. The molecule has 84 valence electrons. The maximum absolute atomic E-state index is 11.6. The number of nitrogens with zero attached hydrogens (tertiary/aromatic N) is 1. The van der Waals surface area contributed by atoms with Gasteiger partial charge in [-0.25, -0.2) is 0 Å². The molecule has 2 aliphatic heterocycles. The number of hydrogen-bond donors (Lipinski definition) is 2. The second kappa shape index (κ2) is 3.64. The number of rotatable bonds is 1. The van der Waals surface area contributed by atoms with E-state index in [9.17, 15) is 4.79 Å². The van der Waals surface area contributed by atoms with Gasteiger partial charge in [-0.2, -0.15) is 0 Å². The monoisotopic (exact) mass is 237 g/mol. The minimum Gasteiger partial charge on any atom is -0.355 e. The van der Waals surface area contributed by atoms with Gasteiger partial charge < -0.3 is 15.5 Å². The van der Waals surface area contributed by atoms with Crippen LogP contribution in [-0.2, 0) is 4.79 Å². The van der Waals surface area contributed by atoms with Gasteiger partial charge in [0.1, 0.15) is 0 Å². The van der Waals surface area contributed by atoms with Gasteiger partial charge in [-0.3, -0.25) is 4.79 Å². The Bertz CT molecular complexity index is 445. The molecule has 1 aromatic rings. The van der Waals surface area contributed by atoms with Crippen LogP contribution in [0.4, 0.5) is 11.4 Å². The number of benzene rings is 1. The number of nitrogens with one attached hydrogen (secondary N) is 2. The molecule has 1 saturated heterocycles. The summed E-state index contributed by atoms with van der Waals surface area (Å²) in [6.45, 7) is 2.28. The third kappa shape index (κ3) is 1.45. The first-order valence-electron chi connectivity index (χ1n) is 5.31. The van der Waals surface area contributed by atoms with Crippen LogP contribution in [0.2, 0.25) is 5.02 Å². The fraction of sp³-hybridized carbons (Fsp3) is 0.364. The zero-order chi connectivity index (χ0) is 11.1. The van der Waals surface area contributed by atoms with Crippen molar-refractivity contribution in [1.29, 1.82) is 0 Å². The van der Waals surface area contributed by atoms with Crippen molar-refractivity contribution >= 4 is 28.9 Å². The van der Waals surface area contributed by atoms with Gasteiger partial charge in [0, 0.05) is 13.1 Å². The average molecular weight is 238 g/mol. The van der Waals surface area contributed by atoms with E-state index >= 15 is 0 Å². The summed E-state index contributed by atoms with van der Waals surface area (Å²) in [7, 11) is 0. The lowest BCUT2D eigenvalue weighted by Crippen LogP contribution is -2.60. The molecule has 1 fully saturated rings. The quantitative estimate of drug-likeness (QED) is 0.768. The SMILES string of the molecule is O=C1CN(C2CNC2)c2cccc(Cl)c2N1. The third-order valence-corrected chi connectivity index (χ3v) is 3.40. The molecule has 3 rings (SSSR count). The van der Waals surface area contributed by atoms with Crippen LogP contribution in [0.25, 0.3) is 0 Å². The maximum atomic E-state index is 11.6. The molecule has 0 bridgehead atoms. The molecular weight excluding hydrogens is 226 g/mol. The van der Waals surface area contributed by atoms with Crippen molar-refractivity contribution in [3.8, 4) is 0 Å². The van der Waals surface area contributed by atoms with E-state index in [1.807, 2.05) is 12.1 Å². The van der Waals surface area contributed by atoms with Gasteiger partial charge in [-0.15, -0.1) is 0 Å². The number of para-hydroxylation sites is 1. The summed E-state index contributed by atoms with van der Waals surface area (Å²) < 4.78 is 0. The molecule has 0 radical (unpaired) electrons. The zero-order valence-corrected chi connectivity index (χ0v) is 9.42. The third-order valence-electron chi connectivity index (χ3n) is 3.08. The minimum atomic E-state index is 0.00694. The molecule has 5 heteroatoms. The number of amides is 1. The molecule has 0 aliphatic carbocycles. The Morgan fingerprint density at radius 2 is 2.19 bits per heavy atom. The first-order chi connectivity index (χ1) is 7.75. The van der Waals surface area contributed by atoms with E-state index in [0.717, 1.165) is 24.5 Å². The lowest BCUT2D eigenvalue weighted by molar-refractivity contribution is -0.115. The van der Waals surface area contributed by atoms with Crippen LogP contribution in [-0.4, -0.2) is 31.6 Å². The fourth-order valence-electron chi connectivity index (χ4n) is 2.11. The lowest BCUT2D eigenvalue weighted by Gasteiger charge is -2.42. The van der Waals surface area contributed by atoms with Crippen LogP contribution < -0.4 is 15.5 Å². The van der Waals surface area contributed by atoms with Crippen LogP contribution in [0.5, 0.6) is 0 Å². The first-order valence-corrected chi connectivity index (χ1v) is 5.69. The number of fused-ring (bicyclic) bond motifs is 1. The Morgan fingerprint density at radius 1 is 1.38 bits per heavy atom. The summed E-state index contributed by atoms with van der Waals surface area (Å²) in [5, 5.41) is 6.64. The second-order valence-electron chi connectivity index (χ2n) is 4.12. The molecule has 4 nitrogen and oxygen atoms in total. The summed E-state index contributed by atoms with van der Waals surface area (Å²) >= 11 is 6.08. The average Bonchev–Trinajstić information content (AvgIpc) is 2.17. The molecular formula is C11H12ClN3O. The predicted octanol–water partition coefficient (Wildman–Crippen LogP) is 1.07. The Hall–Kier alpha value is -1.26. The molecule has 16 heavy (non-hydrogen) atoms. The molecule has 1 amide bonds. The second-order valence-corrected chi connectivity index (χ2v) is 4.53. The largest absolute Gasteiger partial charge is 0.355 e. The number of carbonyl (C=O) groups excluding carboxylic acids is 1. The van der Waals surface area contributed by atoms with Crippen LogP contribution in [0.3, 0.4) is 0 Å². The Balaban J connectivity index is 2.03. The van der Waals surface area contributed by atoms with Crippen molar-refractivity contribution in [2.24, 2.45) is 0 Å². The number of anilines is 2. The summed E-state index contributed by atoms with van der Waals surface area (Å²) in [5.74, 6) is 0.00694. The van der Waals surface area contributed by atoms with E-state index in [1.165, 1.54) is 0 Å². The van der Waals surface area contributed by atoms with Gasteiger partial charge in [-0.05, 0) is 12.1 Å². The van der Waals surface area contributed by atoms with Gasteiger partial charge in [-0.1, -0.05) is 17.7 Å². The van der Waals surface area contributed by atoms with Gasteiger partial charge in [0.2, 0.25) is 5.91 Å². The van der Waals surface area contributed by atoms with Crippen molar-refractivity contribution in [2.75, 3.05) is 29.9 Å². The van der Waals surface area contributed by atoms with E-state index in [2.05, 4.69) is 15.5 Å². The zero-order valence-electron chi connectivity index (χ0n) is 8.66. The molecule has 0 atom stereocenters. The molecule has 2 aliphatic rings. The van der Waals surface area contributed by atoms with E-state index in [0.29, 0.717) is 17.6 Å². The van der Waals surface area contributed by atoms with Gasteiger partial charge in [0.25, 0.3) is 0 Å². The van der Waals surface area contributed by atoms with Crippen molar-refractivity contribution < 1.29 is 4.79 Å². The van der Waals surface area contributed by atoms with Gasteiger partial charge >= 0.3 is 0 Å².